The Morgan fingerprint density at radius 1 is 1.20 bits per heavy atom. The van der Waals surface area contributed by atoms with Crippen LogP contribution in [0.1, 0.15) is 33.6 Å². The SMILES string of the molecule is CCCCOC(=O)N1C[C@@H](C)N(CC(O)CN2CCOCC2)C[C@@H]1C. The van der Waals surface area contributed by atoms with E-state index in [0.717, 1.165) is 45.7 Å². The number of unbranched alkanes of at least 4 members (excludes halogenated alkanes) is 1. The lowest BCUT2D eigenvalue weighted by molar-refractivity contribution is -0.0149. The normalized spacial score (nSPS) is 27.3. The summed E-state index contributed by atoms with van der Waals surface area (Å²) < 4.78 is 10.7. The predicted octanol–water partition coefficient (Wildman–Crippen LogP) is 1.01. The number of morpholine rings is 1. The van der Waals surface area contributed by atoms with E-state index in [9.17, 15) is 9.90 Å². The van der Waals surface area contributed by atoms with Crippen LogP contribution in [0.25, 0.3) is 0 Å². The van der Waals surface area contributed by atoms with E-state index in [4.69, 9.17) is 9.47 Å². The maximum Gasteiger partial charge on any atom is 0.410 e. The number of carbonyl (C=O) groups excluding carboxylic acids is 1. The van der Waals surface area contributed by atoms with Gasteiger partial charge in [-0.25, -0.2) is 4.79 Å². The van der Waals surface area contributed by atoms with Crippen LogP contribution in [0, 0.1) is 0 Å². The lowest BCUT2D eigenvalue weighted by atomic mass is 10.1. The largest absolute Gasteiger partial charge is 0.449 e. The Kier molecular flexibility index (Phi) is 8.42. The minimum absolute atomic E-state index is 0.0981. The van der Waals surface area contributed by atoms with Gasteiger partial charge in [0.1, 0.15) is 0 Å². The summed E-state index contributed by atoms with van der Waals surface area (Å²) in [5.74, 6) is 0. The van der Waals surface area contributed by atoms with Crippen molar-refractivity contribution in [2.45, 2.75) is 51.8 Å². The molecule has 2 saturated heterocycles. The van der Waals surface area contributed by atoms with E-state index in [2.05, 4.69) is 23.6 Å². The van der Waals surface area contributed by atoms with Gasteiger partial charge in [0.2, 0.25) is 0 Å². The fraction of sp³-hybridized carbons (Fsp3) is 0.944. The highest BCUT2D eigenvalue weighted by Crippen LogP contribution is 2.17. The minimum Gasteiger partial charge on any atom is -0.449 e. The molecular formula is C18H35N3O4. The second-order valence-electron chi connectivity index (χ2n) is 7.34. The van der Waals surface area contributed by atoms with Crippen LogP contribution >= 0.6 is 0 Å². The summed E-state index contributed by atoms with van der Waals surface area (Å²) in [6, 6.07) is 0.315. The van der Waals surface area contributed by atoms with Crippen molar-refractivity contribution < 1.29 is 19.4 Å². The van der Waals surface area contributed by atoms with Crippen LogP contribution in [0.15, 0.2) is 0 Å². The van der Waals surface area contributed by atoms with Gasteiger partial charge in [0.15, 0.2) is 0 Å². The minimum atomic E-state index is -0.379. The van der Waals surface area contributed by atoms with Gasteiger partial charge >= 0.3 is 6.09 Å². The van der Waals surface area contributed by atoms with E-state index >= 15 is 0 Å². The number of aliphatic hydroxyl groups excluding tert-OH is 1. The van der Waals surface area contributed by atoms with E-state index in [1.807, 2.05) is 11.8 Å². The zero-order valence-electron chi connectivity index (χ0n) is 16.0. The summed E-state index contributed by atoms with van der Waals surface area (Å²) in [6.45, 7) is 12.8. The van der Waals surface area contributed by atoms with Gasteiger partial charge in [-0.15, -0.1) is 0 Å². The van der Waals surface area contributed by atoms with Crippen molar-refractivity contribution in [2.75, 3.05) is 59.1 Å². The molecule has 7 nitrogen and oxygen atoms in total. The predicted molar refractivity (Wildman–Crippen MR) is 96.7 cm³/mol. The topological polar surface area (TPSA) is 65.5 Å². The van der Waals surface area contributed by atoms with Gasteiger partial charge in [-0.1, -0.05) is 13.3 Å². The van der Waals surface area contributed by atoms with Crippen molar-refractivity contribution in [3.05, 3.63) is 0 Å². The van der Waals surface area contributed by atoms with Gasteiger partial charge in [-0.05, 0) is 20.3 Å². The molecule has 2 aliphatic rings. The maximum absolute atomic E-state index is 12.2. The van der Waals surface area contributed by atoms with E-state index < -0.39 is 0 Å². The molecule has 0 saturated carbocycles. The molecule has 2 fully saturated rings. The molecule has 1 unspecified atom stereocenters. The molecule has 7 heteroatoms. The zero-order valence-corrected chi connectivity index (χ0v) is 16.0. The molecule has 0 aromatic heterocycles. The summed E-state index contributed by atoms with van der Waals surface area (Å²) in [6.07, 6.45) is 1.34. The molecule has 2 heterocycles. The summed E-state index contributed by atoms with van der Waals surface area (Å²) in [5.41, 5.74) is 0. The highest BCUT2D eigenvalue weighted by molar-refractivity contribution is 5.68. The third-order valence-corrected chi connectivity index (χ3v) is 5.09. The van der Waals surface area contributed by atoms with Gasteiger partial charge in [0, 0.05) is 51.4 Å². The number of nitrogens with zero attached hydrogens (tertiary/aromatic N) is 3. The average Bonchev–Trinajstić information content (AvgIpc) is 2.58. The van der Waals surface area contributed by atoms with Crippen LogP contribution in [0.4, 0.5) is 4.79 Å². The Labute approximate surface area is 151 Å². The van der Waals surface area contributed by atoms with Crippen molar-refractivity contribution in [1.29, 1.82) is 0 Å². The van der Waals surface area contributed by atoms with Gasteiger partial charge in [0.05, 0.1) is 25.9 Å². The molecule has 25 heavy (non-hydrogen) atoms. The molecule has 0 aromatic carbocycles. The molecule has 1 amide bonds. The molecule has 3 atom stereocenters. The number of piperazine rings is 1. The Balaban J connectivity index is 1.77. The molecule has 0 radical (unpaired) electrons. The molecule has 2 aliphatic heterocycles. The number of carbonyl (C=O) groups is 1. The lowest BCUT2D eigenvalue weighted by Gasteiger charge is -2.44. The first-order valence-electron chi connectivity index (χ1n) is 9.66. The number of hydrogen-bond donors (Lipinski definition) is 1. The Morgan fingerprint density at radius 3 is 2.60 bits per heavy atom. The lowest BCUT2D eigenvalue weighted by Crippen LogP contribution is -2.59. The second-order valence-corrected chi connectivity index (χ2v) is 7.34. The summed E-state index contributed by atoms with van der Waals surface area (Å²) in [4.78, 5) is 18.6. The van der Waals surface area contributed by atoms with E-state index in [1.165, 1.54) is 0 Å². The quantitative estimate of drug-likeness (QED) is 0.686. The van der Waals surface area contributed by atoms with Crippen molar-refractivity contribution in [3.8, 4) is 0 Å². The third-order valence-electron chi connectivity index (χ3n) is 5.09. The molecule has 1 N–H and O–H groups in total. The van der Waals surface area contributed by atoms with E-state index in [0.29, 0.717) is 26.2 Å². The molecule has 2 rings (SSSR count). The zero-order chi connectivity index (χ0) is 18.2. The molecule has 0 aliphatic carbocycles. The monoisotopic (exact) mass is 357 g/mol. The van der Waals surface area contributed by atoms with Crippen molar-refractivity contribution in [3.63, 3.8) is 0 Å². The number of amides is 1. The molecule has 146 valence electrons. The number of rotatable bonds is 7. The highest BCUT2D eigenvalue weighted by Gasteiger charge is 2.33. The average molecular weight is 357 g/mol. The standard InChI is InChI=1S/C18H35N3O4/c1-4-5-8-25-18(23)21-12-15(2)20(11-16(21)3)14-17(22)13-19-6-9-24-10-7-19/h15-17,22H,4-14H2,1-3H3/t15-,16+,17?/m1/s1. The smallest absolute Gasteiger partial charge is 0.410 e. The Hall–Kier alpha value is -0.890. The fourth-order valence-corrected chi connectivity index (χ4v) is 3.50. The van der Waals surface area contributed by atoms with Crippen LogP contribution in [-0.4, -0.2) is 103 Å². The second kappa shape index (κ2) is 10.3. The summed E-state index contributed by atoms with van der Waals surface area (Å²) in [7, 11) is 0. The molecular weight excluding hydrogens is 322 g/mol. The van der Waals surface area contributed by atoms with Crippen molar-refractivity contribution >= 4 is 6.09 Å². The highest BCUT2D eigenvalue weighted by atomic mass is 16.6. The van der Waals surface area contributed by atoms with Gasteiger partial charge in [-0.2, -0.15) is 0 Å². The number of β-amino-alcohol motifs (C(OH)–C–C–N with tert-alkyl or cyclic N) is 1. The molecule has 0 bridgehead atoms. The van der Waals surface area contributed by atoms with Crippen molar-refractivity contribution in [2.24, 2.45) is 0 Å². The van der Waals surface area contributed by atoms with Crippen LogP contribution < -0.4 is 0 Å². The van der Waals surface area contributed by atoms with Gasteiger partial charge < -0.3 is 19.5 Å². The number of ether oxygens (including phenoxy) is 2. The van der Waals surface area contributed by atoms with Crippen LogP contribution in [-0.2, 0) is 9.47 Å². The summed E-state index contributed by atoms with van der Waals surface area (Å²) in [5, 5.41) is 10.4. The third kappa shape index (κ3) is 6.40. The van der Waals surface area contributed by atoms with Crippen molar-refractivity contribution in [1.82, 2.24) is 14.7 Å². The van der Waals surface area contributed by atoms with Crippen LogP contribution in [0.5, 0.6) is 0 Å². The first kappa shape index (κ1) is 20.4. The molecule has 0 aromatic rings. The summed E-state index contributed by atoms with van der Waals surface area (Å²) >= 11 is 0. The number of hydrogen-bond acceptors (Lipinski definition) is 6. The first-order valence-corrected chi connectivity index (χ1v) is 9.66. The number of aliphatic hydroxyl groups is 1. The Bertz CT molecular complexity index is 404. The van der Waals surface area contributed by atoms with E-state index in [1.54, 1.807) is 0 Å². The van der Waals surface area contributed by atoms with Crippen LogP contribution in [0.3, 0.4) is 0 Å². The Morgan fingerprint density at radius 2 is 1.92 bits per heavy atom. The maximum atomic E-state index is 12.2. The van der Waals surface area contributed by atoms with E-state index in [-0.39, 0.29) is 24.3 Å². The van der Waals surface area contributed by atoms with Gasteiger partial charge in [0.25, 0.3) is 0 Å². The first-order chi connectivity index (χ1) is 12.0. The fourth-order valence-electron chi connectivity index (χ4n) is 3.50. The van der Waals surface area contributed by atoms with Gasteiger partial charge in [-0.3, -0.25) is 9.80 Å². The molecule has 0 spiro atoms. The van der Waals surface area contributed by atoms with Crippen LogP contribution in [0.2, 0.25) is 0 Å².